The highest BCUT2D eigenvalue weighted by Crippen LogP contribution is 2.20. The molecule has 1 N–H and O–H groups in total. The standard InChI is InChI=1S/C17H16BrN3/c1-13-11-15(18)5-8-17(13)19-12-14-3-6-16(7-4-14)21-10-2-9-20-21/h2-11,19H,12H2,1H3. The highest BCUT2D eigenvalue weighted by atomic mass is 79.9. The van der Waals surface area contributed by atoms with E-state index in [0.717, 1.165) is 22.4 Å². The van der Waals surface area contributed by atoms with Gasteiger partial charge < -0.3 is 5.32 Å². The molecule has 0 amide bonds. The molecule has 0 aliphatic carbocycles. The molecule has 0 atom stereocenters. The Morgan fingerprint density at radius 2 is 1.95 bits per heavy atom. The third-order valence-corrected chi connectivity index (χ3v) is 3.87. The first-order valence-electron chi connectivity index (χ1n) is 6.81. The number of aromatic nitrogens is 2. The van der Waals surface area contributed by atoms with Crippen LogP contribution in [0.25, 0.3) is 5.69 Å². The first-order chi connectivity index (χ1) is 10.2. The average molecular weight is 342 g/mol. The average Bonchev–Trinajstić information content (AvgIpc) is 3.01. The minimum Gasteiger partial charge on any atom is -0.381 e. The molecule has 3 nitrogen and oxygen atoms in total. The maximum Gasteiger partial charge on any atom is 0.0645 e. The fourth-order valence-corrected chi connectivity index (χ4v) is 2.69. The molecule has 0 bridgehead atoms. The molecule has 0 saturated heterocycles. The van der Waals surface area contributed by atoms with E-state index in [1.54, 1.807) is 6.20 Å². The normalized spacial score (nSPS) is 10.6. The molecule has 1 heterocycles. The summed E-state index contributed by atoms with van der Waals surface area (Å²) in [6, 6.07) is 16.6. The summed E-state index contributed by atoms with van der Waals surface area (Å²) in [6.07, 6.45) is 3.73. The van der Waals surface area contributed by atoms with Crippen LogP contribution in [0.4, 0.5) is 5.69 Å². The van der Waals surface area contributed by atoms with Crippen LogP contribution in [0.15, 0.2) is 65.4 Å². The molecule has 0 saturated carbocycles. The van der Waals surface area contributed by atoms with Crippen LogP contribution < -0.4 is 5.32 Å². The van der Waals surface area contributed by atoms with Gasteiger partial charge >= 0.3 is 0 Å². The van der Waals surface area contributed by atoms with Crippen molar-refractivity contribution < 1.29 is 0 Å². The van der Waals surface area contributed by atoms with Gasteiger partial charge in [0.2, 0.25) is 0 Å². The third-order valence-electron chi connectivity index (χ3n) is 3.38. The largest absolute Gasteiger partial charge is 0.381 e. The lowest BCUT2D eigenvalue weighted by molar-refractivity contribution is 0.879. The van der Waals surface area contributed by atoms with Gasteiger partial charge in [0.05, 0.1) is 5.69 Å². The molecule has 0 fully saturated rings. The molecule has 4 heteroatoms. The smallest absolute Gasteiger partial charge is 0.0645 e. The van der Waals surface area contributed by atoms with Crippen LogP contribution in [0.5, 0.6) is 0 Å². The Balaban J connectivity index is 1.68. The zero-order chi connectivity index (χ0) is 14.7. The SMILES string of the molecule is Cc1cc(Br)ccc1NCc1ccc(-n2cccn2)cc1. The second kappa shape index (κ2) is 6.14. The summed E-state index contributed by atoms with van der Waals surface area (Å²) in [5, 5.41) is 7.69. The summed E-state index contributed by atoms with van der Waals surface area (Å²) >= 11 is 3.48. The predicted octanol–water partition coefficient (Wildman–Crippen LogP) is 4.56. The Bertz CT molecular complexity index is 718. The molecular weight excluding hydrogens is 326 g/mol. The Labute approximate surface area is 132 Å². The number of hydrogen-bond acceptors (Lipinski definition) is 2. The van der Waals surface area contributed by atoms with E-state index in [2.05, 4.69) is 75.7 Å². The van der Waals surface area contributed by atoms with E-state index in [1.165, 1.54) is 11.1 Å². The first-order valence-corrected chi connectivity index (χ1v) is 7.61. The van der Waals surface area contributed by atoms with Crippen molar-refractivity contribution in [3.63, 3.8) is 0 Å². The Hall–Kier alpha value is -2.07. The number of nitrogens with zero attached hydrogens (tertiary/aromatic N) is 2. The summed E-state index contributed by atoms with van der Waals surface area (Å²) in [4.78, 5) is 0. The summed E-state index contributed by atoms with van der Waals surface area (Å²) in [5.41, 5.74) is 4.71. The molecule has 1 aromatic heterocycles. The lowest BCUT2D eigenvalue weighted by Gasteiger charge is -2.10. The maximum atomic E-state index is 4.23. The minimum atomic E-state index is 0.807. The summed E-state index contributed by atoms with van der Waals surface area (Å²) < 4.78 is 2.96. The molecule has 3 rings (SSSR count). The second-order valence-electron chi connectivity index (χ2n) is 4.93. The molecule has 0 aliphatic rings. The highest BCUT2D eigenvalue weighted by Gasteiger charge is 2.00. The number of aryl methyl sites for hydroxylation is 1. The molecule has 0 unspecified atom stereocenters. The fraction of sp³-hybridized carbons (Fsp3) is 0.118. The topological polar surface area (TPSA) is 29.9 Å². The van der Waals surface area contributed by atoms with Crippen molar-refractivity contribution in [3.8, 4) is 5.69 Å². The molecule has 106 valence electrons. The monoisotopic (exact) mass is 341 g/mol. The van der Waals surface area contributed by atoms with Gasteiger partial charge in [0, 0.05) is 29.1 Å². The van der Waals surface area contributed by atoms with Crippen LogP contribution in [0.2, 0.25) is 0 Å². The zero-order valence-electron chi connectivity index (χ0n) is 11.8. The van der Waals surface area contributed by atoms with Crippen molar-refractivity contribution in [3.05, 3.63) is 76.5 Å². The molecule has 0 radical (unpaired) electrons. The van der Waals surface area contributed by atoms with E-state index in [9.17, 15) is 0 Å². The number of anilines is 1. The van der Waals surface area contributed by atoms with E-state index in [0.29, 0.717) is 0 Å². The van der Waals surface area contributed by atoms with E-state index < -0.39 is 0 Å². The fourth-order valence-electron chi connectivity index (χ4n) is 2.21. The quantitative estimate of drug-likeness (QED) is 0.754. The Morgan fingerprint density at radius 3 is 2.62 bits per heavy atom. The van der Waals surface area contributed by atoms with Gasteiger partial charge in [-0.05, 0) is 54.4 Å². The van der Waals surface area contributed by atoms with Crippen LogP contribution in [-0.2, 0) is 6.54 Å². The third kappa shape index (κ3) is 3.34. The molecular formula is C17H16BrN3. The van der Waals surface area contributed by atoms with Gasteiger partial charge in [0.15, 0.2) is 0 Å². The van der Waals surface area contributed by atoms with Crippen molar-refractivity contribution in [1.82, 2.24) is 9.78 Å². The van der Waals surface area contributed by atoms with Crippen molar-refractivity contribution in [1.29, 1.82) is 0 Å². The van der Waals surface area contributed by atoms with E-state index in [-0.39, 0.29) is 0 Å². The van der Waals surface area contributed by atoms with Crippen molar-refractivity contribution in [2.24, 2.45) is 0 Å². The number of rotatable bonds is 4. The van der Waals surface area contributed by atoms with Crippen LogP contribution in [-0.4, -0.2) is 9.78 Å². The number of hydrogen-bond donors (Lipinski definition) is 1. The van der Waals surface area contributed by atoms with E-state index in [1.807, 2.05) is 16.9 Å². The van der Waals surface area contributed by atoms with E-state index in [4.69, 9.17) is 0 Å². The summed E-state index contributed by atoms with van der Waals surface area (Å²) in [7, 11) is 0. The van der Waals surface area contributed by atoms with Crippen molar-refractivity contribution >= 4 is 21.6 Å². The van der Waals surface area contributed by atoms with Gasteiger partial charge in [0.1, 0.15) is 0 Å². The van der Waals surface area contributed by atoms with Gasteiger partial charge in [-0.2, -0.15) is 5.10 Å². The highest BCUT2D eigenvalue weighted by molar-refractivity contribution is 9.10. The molecule has 3 aromatic rings. The summed E-state index contributed by atoms with van der Waals surface area (Å²) in [6.45, 7) is 2.91. The Morgan fingerprint density at radius 1 is 1.14 bits per heavy atom. The van der Waals surface area contributed by atoms with Crippen LogP contribution in [0.3, 0.4) is 0 Å². The molecule has 21 heavy (non-hydrogen) atoms. The minimum absolute atomic E-state index is 0.807. The number of halogens is 1. The van der Waals surface area contributed by atoms with Gasteiger partial charge in [-0.1, -0.05) is 28.1 Å². The molecule has 0 aliphatic heterocycles. The first kappa shape index (κ1) is 13.9. The van der Waals surface area contributed by atoms with Gasteiger partial charge in [-0.25, -0.2) is 4.68 Å². The molecule has 0 spiro atoms. The summed E-state index contributed by atoms with van der Waals surface area (Å²) in [5.74, 6) is 0. The number of nitrogens with one attached hydrogen (secondary N) is 1. The van der Waals surface area contributed by atoms with Gasteiger partial charge in [-0.15, -0.1) is 0 Å². The Kier molecular flexibility index (Phi) is 4.06. The number of benzene rings is 2. The zero-order valence-corrected chi connectivity index (χ0v) is 13.3. The lowest BCUT2D eigenvalue weighted by atomic mass is 10.1. The molecule has 2 aromatic carbocycles. The van der Waals surface area contributed by atoms with Crippen molar-refractivity contribution in [2.75, 3.05) is 5.32 Å². The van der Waals surface area contributed by atoms with Crippen LogP contribution in [0, 0.1) is 6.92 Å². The van der Waals surface area contributed by atoms with Gasteiger partial charge in [-0.3, -0.25) is 0 Å². The predicted molar refractivity (Wildman–Crippen MR) is 89.8 cm³/mol. The van der Waals surface area contributed by atoms with Crippen molar-refractivity contribution in [2.45, 2.75) is 13.5 Å². The van der Waals surface area contributed by atoms with Crippen LogP contribution in [0.1, 0.15) is 11.1 Å². The lowest BCUT2D eigenvalue weighted by Crippen LogP contribution is -2.01. The maximum absolute atomic E-state index is 4.23. The van der Waals surface area contributed by atoms with Crippen LogP contribution >= 0.6 is 15.9 Å². The van der Waals surface area contributed by atoms with Gasteiger partial charge in [0.25, 0.3) is 0 Å². The second-order valence-corrected chi connectivity index (χ2v) is 5.85. The van der Waals surface area contributed by atoms with E-state index >= 15 is 0 Å².